The first-order chi connectivity index (χ1) is 10.2. The first-order valence-electron chi connectivity index (χ1n) is 6.76. The Kier molecular flexibility index (Phi) is 5.26. The van der Waals surface area contributed by atoms with Crippen LogP contribution in [0.3, 0.4) is 0 Å². The van der Waals surface area contributed by atoms with Gasteiger partial charge in [0, 0.05) is 24.7 Å². The molecule has 6 nitrogen and oxygen atoms in total. The smallest absolute Gasteiger partial charge is 0.164 e. The molecule has 1 aromatic carbocycles. The second kappa shape index (κ2) is 7.16. The van der Waals surface area contributed by atoms with E-state index >= 15 is 0 Å². The Bertz CT molecular complexity index is 521. The summed E-state index contributed by atoms with van der Waals surface area (Å²) in [6.07, 6.45) is 0. The lowest BCUT2D eigenvalue weighted by Crippen LogP contribution is -2.38. The van der Waals surface area contributed by atoms with E-state index in [1.807, 2.05) is 0 Å². The molecule has 0 spiro atoms. The number of rotatable bonds is 5. The Labute approximate surface area is 124 Å². The van der Waals surface area contributed by atoms with Gasteiger partial charge in [0.15, 0.2) is 11.5 Å². The van der Waals surface area contributed by atoms with Gasteiger partial charge in [-0.15, -0.1) is 0 Å². The van der Waals surface area contributed by atoms with E-state index < -0.39 is 6.04 Å². The third kappa shape index (κ3) is 3.20. The highest BCUT2D eigenvalue weighted by Gasteiger charge is 2.26. The van der Waals surface area contributed by atoms with Crippen LogP contribution in [0.4, 0.5) is 0 Å². The summed E-state index contributed by atoms with van der Waals surface area (Å²) >= 11 is 0. The standard InChI is InChI=1S/C15H20N2O4/c1-18-13-9-15(20-3)14(19-2)8-11(13)12(10-16)17-4-6-21-7-5-17/h8-9,12H,4-7H2,1-3H3. The van der Waals surface area contributed by atoms with Crippen molar-refractivity contribution in [3.8, 4) is 23.3 Å². The summed E-state index contributed by atoms with van der Waals surface area (Å²) < 4.78 is 21.4. The normalized spacial score (nSPS) is 16.9. The fraction of sp³-hybridized carbons (Fsp3) is 0.533. The number of benzene rings is 1. The zero-order valence-electron chi connectivity index (χ0n) is 12.6. The largest absolute Gasteiger partial charge is 0.496 e. The first-order valence-corrected chi connectivity index (χ1v) is 6.76. The van der Waals surface area contributed by atoms with Gasteiger partial charge in [-0.25, -0.2) is 0 Å². The summed E-state index contributed by atoms with van der Waals surface area (Å²) in [5.74, 6) is 1.78. The highest BCUT2D eigenvalue weighted by molar-refractivity contribution is 5.53. The van der Waals surface area contributed by atoms with E-state index in [9.17, 15) is 5.26 Å². The van der Waals surface area contributed by atoms with E-state index in [0.717, 1.165) is 18.7 Å². The maximum absolute atomic E-state index is 9.58. The van der Waals surface area contributed by atoms with Gasteiger partial charge in [0.1, 0.15) is 11.8 Å². The first kappa shape index (κ1) is 15.4. The lowest BCUT2D eigenvalue weighted by molar-refractivity contribution is 0.0262. The molecule has 0 aliphatic carbocycles. The Hall–Kier alpha value is -1.97. The third-order valence-corrected chi connectivity index (χ3v) is 3.56. The maximum atomic E-state index is 9.58. The molecule has 0 amide bonds. The highest BCUT2D eigenvalue weighted by Crippen LogP contribution is 2.39. The van der Waals surface area contributed by atoms with Crippen LogP contribution in [0, 0.1) is 11.3 Å². The molecule has 0 N–H and O–H groups in total. The molecule has 114 valence electrons. The van der Waals surface area contributed by atoms with Crippen molar-refractivity contribution in [1.82, 2.24) is 4.90 Å². The fourth-order valence-corrected chi connectivity index (χ4v) is 2.45. The Morgan fingerprint density at radius 3 is 2.14 bits per heavy atom. The molecule has 1 atom stereocenters. The molecule has 1 aliphatic heterocycles. The monoisotopic (exact) mass is 292 g/mol. The lowest BCUT2D eigenvalue weighted by atomic mass is 10.0. The van der Waals surface area contributed by atoms with Gasteiger partial charge >= 0.3 is 0 Å². The summed E-state index contributed by atoms with van der Waals surface area (Å²) in [4.78, 5) is 2.08. The van der Waals surface area contributed by atoms with Crippen molar-refractivity contribution in [1.29, 1.82) is 5.26 Å². The van der Waals surface area contributed by atoms with Gasteiger partial charge in [-0.3, -0.25) is 4.90 Å². The van der Waals surface area contributed by atoms with Crippen LogP contribution in [0.25, 0.3) is 0 Å². The number of morpholine rings is 1. The fourth-order valence-electron chi connectivity index (χ4n) is 2.45. The molecular formula is C15H20N2O4. The quantitative estimate of drug-likeness (QED) is 0.821. The van der Waals surface area contributed by atoms with Crippen molar-refractivity contribution >= 4 is 0 Å². The average Bonchev–Trinajstić information content (AvgIpc) is 2.56. The van der Waals surface area contributed by atoms with Gasteiger partial charge in [-0.1, -0.05) is 0 Å². The van der Waals surface area contributed by atoms with Gasteiger partial charge in [-0.05, 0) is 6.07 Å². The minimum atomic E-state index is -0.399. The molecule has 1 heterocycles. The highest BCUT2D eigenvalue weighted by atomic mass is 16.5. The molecule has 0 saturated carbocycles. The van der Waals surface area contributed by atoms with E-state index in [-0.39, 0.29) is 0 Å². The average molecular weight is 292 g/mol. The summed E-state index contributed by atoms with van der Waals surface area (Å²) in [6.45, 7) is 2.70. The topological polar surface area (TPSA) is 64.0 Å². The number of nitriles is 1. The van der Waals surface area contributed by atoms with E-state index in [1.54, 1.807) is 33.5 Å². The van der Waals surface area contributed by atoms with Gasteiger partial charge in [0.25, 0.3) is 0 Å². The number of methoxy groups -OCH3 is 3. The Balaban J connectivity index is 2.41. The lowest BCUT2D eigenvalue weighted by Gasteiger charge is -2.31. The molecule has 1 saturated heterocycles. The van der Waals surface area contributed by atoms with Crippen LogP contribution in [0.5, 0.6) is 17.2 Å². The van der Waals surface area contributed by atoms with Crippen molar-refractivity contribution < 1.29 is 18.9 Å². The zero-order valence-corrected chi connectivity index (χ0v) is 12.6. The minimum Gasteiger partial charge on any atom is -0.496 e. The van der Waals surface area contributed by atoms with E-state index in [4.69, 9.17) is 18.9 Å². The molecule has 0 bridgehead atoms. The number of nitrogens with zero attached hydrogens (tertiary/aromatic N) is 2. The molecule has 1 aliphatic rings. The predicted octanol–water partition coefficient (Wildman–Crippen LogP) is 1.61. The van der Waals surface area contributed by atoms with Crippen LogP contribution in [0.2, 0.25) is 0 Å². The number of ether oxygens (including phenoxy) is 4. The summed E-state index contributed by atoms with van der Waals surface area (Å²) in [7, 11) is 4.73. The molecule has 6 heteroatoms. The minimum absolute atomic E-state index is 0.399. The van der Waals surface area contributed by atoms with E-state index in [2.05, 4.69) is 11.0 Å². The second-order valence-electron chi connectivity index (χ2n) is 4.63. The van der Waals surface area contributed by atoms with Gasteiger partial charge in [0.2, 0.25) is 0 Å². The van der Waals surface area contributed by atoms with Gasteiger partial charge in [0.05, 0.1) is 40.6 Å². The van der Waals surface area contributed by atoms with Crippen LogP contribution >= 0.6 is 0 Å². The molecule has 1 aromatic rings. The van der Waals surface area contributed by atoms with E-state index in [1.165, 1.54) is 0 Å². The van der Waals surface area contributed by atoms with Crippen LogP contribution in [0.1, 0.15) is 11.6 Å². The van der Waals surface area contributed by atoms with Crippen molar-refractivity contribution in [2.45, 2.75) is 6.04 Å². The van der Waals surface area contributed by atoms with E-state index in [0.29, 0.717) is 30.5 Å². The predicted molar refractivity (Wildman–Crippen MR) is 76.8 cm³/mol. The summed E-state index contributed by atoms with van der Waals surface area (Å²) in [5, 5.41) is 9.58. The van der Waals surface area contributed by atoms with Gasteiger partial charge < -0.3 is 18.9 Å². The molecule has 0 radical (unpaired) electrons. The van der Waals surface area contributed by atoms with Crippen LogP contribution in [-0.4, -0.2) is 52.5 Å². The third-order valence-electron chi connectivity index (χ3n) is 3.56. The van der Waals surface area contributed by atoms with Crippen LogP contribution in [-0.2, 0) is 4.74 Å². The maximum Gasteiger partial charge on any atom is 0.164 e. The van der Waals surface area contributed by atoms with Crippen molar-refractivity contribution in [3.63, 3.8) is 0 Å². The van der Waals surface area contributed by atoms with Gasteiger partial charge in [-0.2, -0.15) is 5.26 Å². The number of hydrogen-bond acceptors (Lipinski definition) is 6. The van der Waals surface area contributed by atoms with Crippen molar-refractivity contribution in [2.75, 3.05) is 47.6 Å². The molecule has 2 rings (SSSR count). The summed E-state index contributed by atoms with van der Waals surface area (Å²) in [6, 6.07) is 5.50. The molecule has 1 unspecified atom stereocenters. The Morgan fingerprint density at radius 1 is 1.05 bits per heavy atom. The summed E-state index contributed by atoms with van der Waals surface area (Å²) in [5.41, 5.74) is 0.777. The number of hydrogen-bond donors (Lipinski definition) is 0. The van der Waals surface area contributed by atoms with Crippen molar-refractivity contribution in [3.05, 3.63) is 17.7 Å². The molecular weight excluding hydrogens is 272 g/mol. The molecule has 1 fully saturated rings. The van der Waals surface area contributed by atoms with Crippen LogP contribution < -0.4 is 14.2 Å². The SMILES string of the molecule is COc1cc(OC)c(C(C#N)N2CCOCC2)cc1OC. The Morgan fingerprint density at radius 2 is 1.62 bits per heavy atom. The molecule has 21 heavy (non-hydrogen) atoms. The second-order valence-corrected chi connectivity index (χ2v) is 4.63. The molecule has 0 aromatic heterocycles. The van der Waals surface area contributed by atoms with Crippen LogP contribution in [0.15, 0.2) is 12.1 Å². The van der Waals surface area contributed by atoms with Crippen molar-refractivity contribution in [2.24, 2.45) is 0 Å². The zero-order chi connectivity index (χ0) is 15.2.